The Morgan fingerprint density at radius 1 is 1.30 bits per heavy atom. The number of fused-ring (bicyclic) bond motifs is 1. The van der Waals surface area contributed by atoms with Gasteiger partial charge in [0.1, 0.15) is 11.6 Å². The second-order valence-electron chi connectivity index (χ2n) is 5.46. The third-order valence-electron chi connectivity index (χ3n) is 3.53. The number of ether oxygens (including phenoxy) is 1. The fourth-order valence-electron chi connectivity index (χ4n) is 2.52. The smallest absolute Gasteiger partial charge is 0.127 e. The van der Waals surface area contributed by atoms with Crippen LogP contribution < -0.4 is 10.1 Å². The van der Waals surface area contributed by atoms with E-state index in [2.05, 4.69) is 43.6 Å². The zero-order valence-electron chi connectivity index (χ0n) is 13.1. The Kier molecular flexibility index (Phi) is 4.65. The molecule has 0 spiro atoms. The number of hydrogen-bond acceptors (Lipinski definition) is 3. The van der Waals surface area contributed by atoms with Gasteiger partial charge in [0.25, 0.3) is 0 Å². The normalized spacial score (nSPS) is 13.1. The Morgan fingerprint density at radius 2 is 2.05 bits per heavy atom. The predicted molar refractivity (Wildman–Crippen MR) is 83.4 cm³/mol. The second-order valence-corrected chi connectivity index (χ2v) is 5.46. The van der Waals surface area contributed by atoms with E-state index in [9.17, 15) is 0 Å². The van der Waals surface area contributed by atoms with Crippen molar-refractivity contribution in [3.05, 3.63) is 24.0 Å². The molecule has 2 rings (SSSR count). The van der Waals surface area contributed by atoms with Crippen LogP contribution in [0.1, 0.15) is 52.0 Å². The highest BCUT2D eigenvalue weighted by atomic mass is 16.5. The summed E-state index contributed by atoms with van der Waals surface area (Å²) in [5.74, 6) is 1.95. The molecule has 20 heavy (non-hydrogen) atoms. The summed E-state index contributed by atoms with van der Waals surface area (Å²) in [5, 5.41) is 3.52. The number of nitrogens with zero attached hydrogens (tertiary/aromatic N) is 2. The summed E-state index contributed by atoms with van der Waals surface area (Å²) in [6, 6.07) is 6.73. The van der Waals surface area contributed by atoms with Gasteiger partial charge in [-0.25, -0.2) is 4.98 Å². The lowest BCUT2D eigenvalue weighted by molar-refractivity contribution is 0.415. The van der Waals surface area contributed by atoms with E-state index >= 15 is 0 Å². The number of imidazole rings is 1. The summed E-state index contributed by atoms with van der Waals surface area (Å²) in [7, 11) is 1.69. The Hall–Kier alpha value is -1.55. The van der Waals surface area contributed by atoms with Crippen LogP contribution in [0.25, 0.3) is 11.0 Å². The lowest BCUT2D eigenvalue weighted by Crippen LogP contribution is -2.23. The number of methoxy groups -OCH3 is 1. The molecule has 1 aromatic heterocycles. The highest BCUT2D eigenvalue weighted by Gasteiger charge is 2.18. The van der Waals surface area contributed by atoms with E-state index in [4.69, 9.17) is 9.72 Å². The Labute approximate surface area is 121 Å². The van der Waals surface area contributed by atoms with E-state index in [1.54, 1.807) is 7.11 Å². The highest BCUT2D eigenvalue weighted by molar-refractivity contribution is 5.78. The van der Waals surface area contributed by atoms with Crippen molar-refractivity contribution in [1.82, 2.24) is 14.9 Å². The van der Waals surface area contributed by atoms with Crippen LogP contribution in [0, 0.1) is 0 Å². The molecule has 2 aromatic rings. The first-order chi connectivity index (χ1) is 9.58. The topological polar surface area (TPSA) is 39.1 Å². The van der Waals surface area contributed by atoms with Gasteiger partial charge >= 0.3 is 0 Å². The Morgan fingerprint density at radius 3 is 2.65 bits per heavy atom. The van der Waals surface area contributed by atoms with Crippen molar-refractivity contribution >= 4 is 11.0 Å². The maximum Gasteiger partial charge on any atom is 0.127 e. The van der Waals surface area contributed by atoms with Gasteiger partial charge in [0.05, 0.1) is 24.2 Å². The van der Waals surface area contributed by atoms with Crippen molar-refractivity contribution in [3.8, 4) is 5.75 Å². The van der Waals surface area contributed by atoms with Gasteiger partial charge in [0.2, 0.25) is 0 Å². The second kappa shape index (κ2) is 6.27. The summed E-state index contributed by atoms with van der Waals surface area (Å²) in [4.78, 5) is 4.82. The molecular weight excluding hydrogens is 250 g/mol. The fraction of sp³-hybridized carbons (Fsp3) is 0.562. The molecule has 1 aromatic carbocycles. The van der Waals surface area contributed by atoms with E-state index < -0.39 is 0 Å². The van der Waals surface area contributed by atoms with Crippen LogP contribution in [0.3, 0.4) is 0 Å². The molecule has 0 aliphatic rings. The number of aromatic nitrogens is 2. The Balaban J connectivity index is 2.49. The maximum atomic E-state index is 5.29. The number of hydrogen-bond donors (Lipinski definition) is 1. The van der Waals surface area contributed by atoms with Crippen molar-refractivity contribution in [2.24, 2.45) is 0 Å². The summed E-state index contributed by atoms with van der Waals surface area (Å²) < 4.78 is 7.60. The molecule has 1 N–H and O–H groups in total. The summed E-state index contributed by atoms with van der Waals surface area (Å²) in [6.45, 7) is 9.75. The molecule has 1 unspecified atom stereocenters. The lowest BCUT2D eigenvalue weighted by atomic mass is 10.2. The maximum absolute atomic E-state index is 5.29. The van der Waals surface area contributed by atoms with Crippen molar-refractivity contribution in [1.29, 1.82) is 0 Å². The van der Waals surface area contributed by atoms with E-state index in [1.165, 1.54) is 5.52 Å². The monoisotopic (exact) mass is 275 g/mol. The van der Waals surface area contributed by atoms with Gasteiger partial charge in [-0.3, -0.25) is 0 Å². The van der Waals surface area contributed by atoms with E-state index in [1.807, 2.05) is 12.1 Å². The van der Waals surface area contributed by atoms with Crippen molar-refractivity contribution in [3.63, 3.8) is 0 Å². The van der Waals surface area contributed by atoms with Gasteiger partial charge in [0.15, 0.2) is 0 Å². The standard InChI is InChI=1S/C16H25N3O/c1-6-9-17-12(4)16-18-14-10-13(20-5)7-8-15(14)19(16)11(2)3/h7-8,10-12,17H,6,9H2,1-5H3. The van der Waals surface area contributed by atoms with E-state index in [-0.39, 0.29) is 6.04 Å². The lowest BCUT2D eigenvalue weighted by Gasteiger charge is -2.18. The number of nitrogens with one attached hydrogen (secondary N) is 1. The molecule has 1 heterocycles. The molecule has 0 amide bonds. The molecule has 0 saturated heterocycles. The summed E-state index contributed by atoms with van der Waals surface area (Å²) in [6.07, 6.45) is 1.13. The van der Waals surface area contributed by atoms with Crippen molar-refractivity contribution in [2.45, 2.75) is 46.2 Å². The first kappa shape index (κ1) is 14.9. The Bertz CT molecular complexity index is 574. The molecule has 1 atom stereocenters. The molecule has 0 saturated carbocycles. The van der Waals surface area contributed by atoms with Crippen LogP contribution in [0.5, 0.6) is 5.75 Å². The molecule has 0 bridgehead atoms. The zero-order chi connectivity index (χ0) is 14.7. The van der Waals surface area contributed by atoms with Gasteiger partial charge in [-0.2, -0.15) is 0 Å². The quantitative estimate of drug-likeness (QED) is 0.874. The molecule has 110 valence electrons. The molecule has 0 aliphatic heterocycles. The van der Waals surface area contributed by atoms with Crippen molar-refractivity contribution in [2.75, 3.05) is 13.7 Å². The van der Waals surface area contributed by atoms with Gasteiger partial charge in [-0.05, 0) is 45.9 Å². The van der Waals surface area contributed by atoms with Gasteiger partial charge in [0, 0.05) is 12.1 Å². The van der Waals surface area contributed by atoms with Gasteiger partial charge in [-0.15, -0.1) is 0 Å². The van der Waals surface area contributed by atoms with Crippen molar-refractivity contribution < 1.29 is 4.74 Å². The highest BCUT2D eigenvalue weighted by Crippen LogP contribution is 2.27. The number of benzene rings is 1. The first-order valence-electron chi connectivity index (χ1n) is 7.37. The van der Waals surface area contributed by atoms with Gasteiger partial charge in [-0.1, -0.05) is 6.92 Å². The van der Waals surface area contributed by atoms with Crippen LogP contribution in [0.4, 0.5) is 0 Å². The largest absolute Gasteiger partial charge is 0.497 e. The van der Waals surface area contributed by atoms with E-state index in [0.29, 0.717) is 6.04 Å². The minimum absolute atomic E-state index is 0.246. The molecule has 4 nitrogen and oxygen atoms in total. The van der Waals surface area contributed by atoms with Crippen LogP contribution in [0.2, 0.25) is 0 Å². The van der Waals surface area contributed by atoms with Crippen LogP contribution in [0.15, 0.2) is 18.2 Å². The third kappa shape index (κ3) is 2.80. The molecular formula is C16H25N3O. The molecule has 0 fully saturated rings. The minimum Gasteiger partial charge on any atom is -0.497 e. The van der Waals surface area contributed by atoms with Crippen LogP contribution in [-0.2, 0) is 0 Å². The first-order valence-corrected chi connectivity index (χ1v) is 7.37. The summed E-state index contributed by atoms with van der Waals surface area (Å²) in [5.41, 5.74) is 2.17. The zero-order valence-corrected chi connectivity index (χ0v) is 13.1. The number of rotatable bonds is 6. The fourth-order valence-corrected chi connectivity index (χ4v) is 2.52. The summed E-state index contributed by atoms with van der Waals surface area (Å²) >= 11 is 0. The minimum atomic E-state index is 0.246. The van der Waals surface area contributed by atoms with Gasteiger partial charge < -0.3 is 14.6 Å². The molecule has 4 heteroatoms. The molecule has 0 aliphatic carbocycles. The average molecular weight is 275 g/mol. The predicted octanol–water partition coefficient (Wildman–Crippen LogP) is 3.69. The van der Waals surface area contributed by atoms with E-state index in [0.717, 1.165) is 30.1 Å². The molecule has 0 radical (unpaired) electrons. The average Bonchev–Trinajstić information content (AvgIpc) is 2.82. The van der Waals surface area contributed by atoms with Crippen LogP contribution in [-0.4, -0.2) is 23.2 Å². The third-order valence-corrected chi connectivity index (χ3v) is 3.53. The SMILES string of the molecule is CCCNC(C)c1nc2cc(OC)ccc2n1C(C)C. The van der Waals surface area contributed by atoms with Crippen LogP contribution >= 0.6 is 0 Å².